The molecule has 0 N–H and O–H groups in total. The third kappa shape index (κ3) is 3.98. The SMILES string of the molecule is CC[C@@H]1CC(C(=O)c2ccc3c(c2)nc(-c2cc4cccnc4n2CC2CC2)n3C)CC[C@@H]1OC. The maximum Gasteiger partial charge on any atom is 0.166 e. The van der Waals surface area contributed by atoms with E-state index in [-0.39, 0.29) is 17.8 Å². The summed E-state index contributed by atoms with van der Waals surface area (Å²) in [5, 5.41) is 1.14. The first-order valence-corrected chi connectivity index (χ1v) is 13.1. The molecule has 0 bridgehead atoms. The van der Waals surface area contributed by atoms with E-state index in [0.29, 0.717) is 5.92 Å². The number of fused-ring (bicyclic) bond motifs is 2. The number of hydrogen-bond donors (Lipinski definition) is 0. The number of rotatable bonds is 7. The number of ketones is 1. The van der Waals surface area contributed by atoms with Crippen molar-refractivity contribution in [2.24, 2.45) is 24.8 Å². The Balaban J connectivity index is 1.35. The fourth-order valence-electron chi connectivity index (χ4n) is 6.05. The van der Waals surface area contributed by atoms with Crippen LogP contribution < -0.4 is 0 Å². The Bertz CT molecular complexity index is 1400. The first-order valence-electron chi connectivity index (χ1n) is 13.1. The molecule has 2 saturated carbocycles. The average molecular weight is 471 g/mol. The van der Waals surface area contributed by atoms with Gasteiger partial charge in [-0.05, 0) is 80.3 Å². The molecule has 35 heavy (non-hydrogen) atoms. The highest BCUT2D eigenvalue weighted by molar-refractivity contribution is 6.01. The molecule has 0 saturated heterocycles. The van der Waals surface area contributed by atoms with Crippen LogP contribution in [0.1, 0.15) is 55.8 Å². The molecule has 1 aromatic carbocycles. The number of pyridine rings is 1. The zero-order chi connectivity index (χ0) is 24.1. The zero-order valence-electron chi connectivity index (χ0n) is 20.9. The highest BCUT2D eigenvalue weighted by Crippen LogP contribution is 2.37. The number of aryl methyl sites for hydroxylation is 1. The fourth-order valence-corrected chi connectivity index (χ4v) is 6.05. The molecule has 0 spiro atoms. The van der Waals surface area contributed by atoms with Gasteiger partial charge in [0.15, 0.2) is 11.6 Å². The molecular formula is C29H34N4O2. The van der Waals surface area contributed by atoms with Crippen LogP contribution in [0.4, 0.5) is 0 Å². The minimum absolute atomic E-state index is 0.0686. The van der Waals surface area contributed by atoms with Gasteiger partial charge in [-0.3, -0.25) is 4.79 Å². The third-order valence-corrected chi connectivity index (χ3v) is 8.30. The van der Waals surface area contributed by atoms with Crippen molar-refractivity contribution >= 4 is 27.9 Å². The second kappa shape index (κ2) is 8.90. The molecule has 6 rings (SSSR count). The summed E-state index contributed by atoms with van der Waals surface area (Å²) in [7, 11) is 3.86. The Morgan fingerprint density at radius 1 is 1.14 bits per heavy atom. The smallest absolute Gasteiger partial charge is 0.166 e. The predicted molar refractivity (Wildman–Crippen MR) is 138 cm³/mol. The molecule has 6 nitrogen and oxygen atoms in total. The minimum atomic E-state index is 0.0686. The summed E-state index contributed by atoms with van der Waals surface area (Å²) in [4.78, 5) is 23.2. The molecule has 2 aliphatic carbocycles. The Morgan fingerprint density at radius 2 is 2.00 bits per heavy atom. The van der Waals surface area contributed by atoms with E-state index in [4.69, 9.17) is 9.72 Å². The molecule has 2 aliphatic rings. The fraction of sp³-hybridized carbons (Fsp3) is 0.483. The van der Waals surface area contributed by atoms with Crippen LogP contribution in [0.2, 0.25) is 0 Å². The Labute approximate surface area is 206 Å². The molecule has 2 fully saturated rings. The standard InChI is InChI=1S/C29H34N4O2/c1-4-19-14-20(10-12-26(19)35-3)27(34)21-9-11-24-23(15-21)31-29(32(24)2)25-16-22-6-5-13-30-28(22)33(25)17-18-7-8-18/h5-6,9,11,13,15-16,18-20,26H,4,7-8,10,12,14,17H2,1-3H3/t19-,20?,26+/m1/s1. The second-order valence-corrected chi connectivity index (χ2v) is 10.5. The van der Waals surface area contributed by atoms with Crippen molar-refractivity contribution < 1.29 is 9.53 Å². The van der Waals surface area contributed by atoms with Gasteiger partial charge in [0.1, 0.15) is 5.65 Å². The number of carbonyl (C=O) groups is 1. The number of nitrogens with zero attached hydrogens (tertiary/aromatic N) is 4. The van der Waals surface area contributed by atoms with E-state index in [0.717, 1.165) is 77.3 Å². The molecule has 0 amide bonds. The van der Waals surface area contributed by atoms with Gasteiger partial charge in [-0.2, -0.15) is 0 Å². The van der Waals surface area contributed by atoms with Gasteiger partial charge in [0.25, 0.3) is 0 Å². The Hall–Kier alpha value is -2.99. The molecule has 3 atom stereocenters. The highest BCUT2D eigenvalue weighted by Gasteiger charge is 2.33. The molecule has 6 heteroatoms. The number of methoxy groups -OCH3 is 1. The van der Waals surface area contributed by atoms with Crippen LogP contribution in [0.25, 0.3) is 33.6 Å². The van der Waals surface area contributed by atoms with E-state index in [1.165, 1.54) is 12.8 Å². The van der Waals surface area contributed by atoms with Crippen LogP contribution in [-0.4, -0.2) is 38.1 Å². The monoisotopic (exact) mass is 470 g/mol. The largest absolute Gasteiger partial charge is 0.381 e. The van der Waals surface area contributed by atoms with Gasteiger partial charge in [-0.1, -0.05) is 13.3 Å². The van der Waals surface area contributed by atoms with Gasteiger partial charge in [0.05, 0.1) is 22.8 Å². The van der Waals surface area contributed by atoms with Crippen molar-refractivity contribution in [3.8, 4) is 11.5 Å². The van der Waals surface area contributed by atoms with E-state index in [1.807, 2.05) is 24.4 Å². The zero-order valence-corrected chi connectivity index (χ0v) is 20.9. The molecular weight excluding hydrogens is 436 g/mol. The Morgan fingerprint density at radius 3 is 2.77 bits per heavy atom. The number of Topliss-reactive ketones (excluding diaryl/α,β-unsaturated/α-hetero) is 1. The lowest BCUT2D eigenvalue weighted by Gasteiger charge is -2.34. The van der Waals surface area contributed by atoms with E-state index in [9.17, 15) is 4.79 Å². The van der Waals surface area contributed by atoms with Crippen molar-refractivity contribution in [2.45, 2.75) is 58.1 Å². The van der Waals surface area contributed by atoms with Crippen LogP contribution in [0.5, 0.6) is 0 Å². The van der Waals surface area contributed by atoms with Gasteiger partial charge in [0.2, 0.25) is 0 Å². The lowest BCUT2D eigenvalue weighted by atomic mass is 9.75. The van der Waals surface area contributed by atoms with Crippen LogP contribution >= 0.6 is 0 Å². The quantitative estimate of drug-likeness (QED) is 0.310. The van der Waals surface area contributed by atoms with Crippen LogP contribution in [0, 0.1) is 17.8 Å². The normalized spacial score (nSPS) is 22.8. The number of hydrogen-bond acceptors (Lipinski definition) is 4. The summed E-state index contributed by atoms with van der Waals surface area (Å²) < 4.78 is 10.2. The predicted octanol–water partition coefficient (Wildman–Crippen LogP) is 6.02. The van der Waals surface area contributed by atoms with Crippen molar-refractivity contribution in [3.05, 3.63) is 48.2 Å². The first-order chi connectivity index (χ1) is 17.1. The summed E-state index contributed by atoms with van der Waals surface area (Å²) >= 11 is 0. The molecule has 0 aliphatic heterocycles. The van der Waals surface area contributed by atoms with E-state index >= 15 is 0 Å². The maximum absolute atomic E-state index is 13.5. The molecule has 3 aromatic heterocycles. The van der Waals surface area contributed by atoms with Crippen LogP contribution in [0.3, 0.4) is 0 Å². The first kappa shape index (κ1) is 22.5. The number of aromatic nitrogens is 4. The number of ether oxygens (including phenoxy) is 1. The highest BCUT2D eigenvalue weighted by atomic mass is 16.5. The molecule has 4 aromatic rings. The summed E-state index contributed by atoms with van der Waals surface area (Å²) in [6, 6.07) is 12.4. The van der Waals surface area contributed by atoms with E-state index in [1.54, 1.807) is 7.11 Å². The van der Waals surface area contributed by atoms with E-state index in [2.05, 4.69) is 46.3 Å². The summed E-state index contributed by atoms with van der Waals surface area (Å²) in [5.41, 5.74) is 4.82. The molecule has 3 heterocycles. The number of carbonyl (C=O) groups excluding carboxylic acids is 1. The second-order valence-electron chi connectivity index (χ2n) is 10.5. The number of imidazole rings is 1. The summed E-state index contributed by atoms with van der Waals surface area (Å²) in [6.07, 6.45) is 8.53. The summed E-state index contributed by atoms with van der Waals surface area (Å²) in [6.45, 7) is 3.18. The van der Waals surface area contributed by atoms with Crippen molar-refractivity contribution in [1.82, 2.24) is 19.1 Å². The number of benzene rings is 1. The maximum atomic E-state index is 13.5. The van der Waals surface area contributed by atoms with Crippen molar-refractivity contribution in [3.63, 3.8) is 0 Å². The molecule has 1 unspecified atom stereocenters. The Kier molecular flexibility index (Phi) is 5.72. The van der Waals surface area contributed by atoms with Crippen LogP contribution in [0.15, 0.2) is 42.6 Å². The molecule has 0 radical (unpaired) electrons. The summed E-state index contributed by atoms with van der Waals surface area (Å²) in [5.74, 6) is 2.42. The van der Waals surface area contributed by atoms with E-state index < -0.39 is 0 Å². The molecule has 182 valence electrons. The van der Waals surface area contributed by atoms with Crippen molar-refractivity contribution in [2.75, 3.05) is 7.11 Å². The van der Waals surface area contributed by atoms with Crippen LogP contribution in [-0.2, 0) is 18.3 Å². The minimum Gasteiger partial charge on any atom is -0.381 e. The average Bonchev–Trinajstić information content (AvgIpc) is 3.57. The van der Waals surface area contributed by atoms with Gasteiger partial charge in [-0.15, -0.1) is 0 Å². The topological polar surface area (TPSA) is 61.9 Å². The van der Waals surface area contributed by atoms with Gasteiger partial charge >= 0.3 is 0 Å². The third-order valence-electron chi connectivity index (χ3n) is 8.30. The van der Waals surface area contributed by atoms with Gasteiger partial charge in [0, 0.05) is 43.8 Å². The lowest BCUT2D eigenvalue weighted by Crippen LogP contribution is -2.33. The van der Waals surface area contributed by atoms with Crippen molar-refractivity contribution in [1.29, 1.82) is 0 Å². The lowest BCUT2D eigenvalue weighted by molar-refractivity contribution is 0.00826. The van der Waals surface area contributed by atoms with Gasteiger partial charge in [-0.25, -0.2) is 9.97 Å². The van der Waals surface area contributed by atoms with Gasteiger partial charge < -0.3 is 13.9 Å².